The third-order valence-electron chi connectivity index (χ3n) is 1.89. The zero-order valence-corrected chi connectivity index (χ0v) is 18.1. The summed E-state index contributed by atoms with van der Waals surface area (Å²) in [5, 5.41) is 6.54. The number of alkyl halides is 2. The van der Waals surface area contributed by atoms with E-state index in [1.807, 2.05) is 20.8 Å². The van der Waals surface area contributed by atoms with Crippen LogP contribution in [-0.4, -0.2) is 31.5 Å². The highest BCUT2D eigenvalue weighted by Crippen LogP contribution is 2.07. The van der Waals surface area contributed by atoms with Gasteiger partial charge in [0.1, 0.15) is 3.74 Å². The minimum absolute atomic E-state index is 0.0926. The topological polar surface area (TPSA) is 110 Å². The normalized spacial score (nSPS) is 9.29. The van der Waals surface area contributed by atoms with E-state index in [4.69, 9.17) is 11.1 Å². The molecule has 6 nitrogen and oxygen atoms in total. The van der Waals surface area contributed by atoms with E-state index in [2.05, 4.69) is 41.8 Å². The summed E-state index contributed by atoms with van der Waals surface area (Å²) in [4.78, 5) is 28.3. The molecule has 0 saturated heterocycles. The molecule has 1 rings (SSSR count). The summed E-state index contributed by atoms with van der Waals surface area (Å²) in [7, 11) is 0. The maximum Gasteiger partial charge on any atom is 0.196 e. The maximum atomic E-state index is 10.6. The highest BCUT2D eigenvalue weighted by atomic mass is 79.9. The van der Waals surface area contributed by atoms with Crippen molar-refractivity contribution < 1.29 is 9.59 Å². The number of nitrogens with zero attached hydrogens (tertiary/aromatic N) is 2. The van der Waals surface area contributed by atoms with Gasteiger partial charge in [-0.1, -0.05) is 45.7 Å². The summed E-state index contributed by atoms with van der Waals surface area (Å²) in [5.74, 6) is 0.278. The lowest BCUT2D eigenvalue weighted by Crippen LogP contribution is -1.99. The molecule has 0 aliphatic carbocycles. The molecule has 0 unspecified atom stereocenters. The summed E-state index contributed by atoms with van der Waals surface area (Å²) in [6, 6.07) is 0. The van der Waals surface area contributed by atoms with Crippen LogP contribution in [0.2, 0.25) is 0 Å². The fourth-order valence-corrected chi connectivity index (χ4v) is 0.623. The van der Waals surface area contributed by atoms with Gasteiger partial charge in [-0.2, -0.15) is 0 Å². The first kappa shape index (κ1) is 27.4. The number of Topliss-reactive ketones (excluding diaryl/α,β-unsaturated/α-hetero) is 2. The Morgan fingerprint density at radius 3 is 1.71 bits per heavy atom. The van der Waals surface area contributed by atoms with Crippen molar-refractivity contribution >= 4 is 49.6 Å². The van der Waals surface area contributed by atoms with E-state index >= 15 is 0 Å². The molecule has 0 saturated carbocycles. The van der Waals surface area contributed by atoms with Crippen molar-refractivity contribution in [2.45, 2.75) is 45.3 Å². The predicted molar refractivity (Wildman–Crippen MR) is 107 cm³/mol. The first-order valence-electron chi connectivity index (χ1n) is 7.12. The van der Waals surface area contributed by atoms with Gasteiger partial charge in [0.15, 0.2) is 17.4 Å². The van der Waals surface area contributed by atoms with Gasteiger partial charge in [0, 0.05) is 25.5 Å². The smallest absolute Gasteiger partial charge is 0.196 e. The van der Waals surface area contributed by atoms with E-state index in [-0.39, 0.29) is 21.1 Å². The van der Waals surface area contributed by atoms with Crippen LogP contribution in [0, 0.1) is 12.3 Å². The molecule has 3 N–H and O–H groups in total. The summed E-state index contributed by atoms with van der Waals surface area (Å²) < 4.78 is -0.162. The molecule has 0 aliphatic rings. The minimum atomic E-state index is -0.162. The minimum Gasteiger partial charge on any atom is -0.404 e. The molecule has 1 aromatic heterocycles. The van der Waals surface area contributed by atoms with Crippen molar-refractivity contribution in [3.8, 4) is 0 Å². The molecule has 0 spiro atoms. The molecule has 0 radical (unpaired) electrons. The van der Waals surface area contributed by atoms with Crippen LogP contribution in [0.5, 0.6) is 0 Å². The van der Waals surface area contributed by atoms with Crippen molar-refractivity contribution in [2.75, 3.05) is 0 Å². The molecule has 24 heavy (non-hydrogen) atoms. The van der Waals surface area contributed by atoms with Crippen LogP contribution in [0.1, 0.15) is 50.8 Å². The van der Waals surface area contributed by atoms with Gasteiger partial charge in [-0.15, -0.1) is 0 Å². The maximum absolute atomic E-state index is 10.6. The third kappa shape index (κ3) is 18.6. The highest BCUT2D eigenvalue weighted by molar-refractivity contribution is 9.25. The van der Waals surface area contributed by atoms with Gasteiger partial charge >= 0.3 is 0 Å². The van der Waals surface area contributed by atoms with Gasteiger partial charge in [0.2, 0.25) is 0 Å². The molecule has 0 aliphatic heterocycles. The molecule has 136 valence electrons. The van der Waals surface area contributed by atoms with E-state index in [0.717, 1.165) is 11.1 Å². The molecule has 1 aromatic rings. The Morgan fingerprint density at radius 1 is 1.17 bits per heavy atom. The van der Waals surface area contributed by atoms with Gasteiger partial charge in [-0.25, -0.2) is 9.97 Å². The summed E-state index contributed by atoms with van der Waals surface area (Å²) in [6.07, 6.45) is 5.86. The molecule has 1 heterocycles. The predicted octanol–water partition coefficient (Wildman–Crippen LogP) is 4.20. The number of hydrogen-bond acceptors (Lipinski definition) is 6. The number of ketones is 2. The Kier molecular flexibility index (Phi) is 20.5. The SMILES string of the molecule is C/C(C=N)=C/N.CC.CC(=O)C(Br)Br.CC(=O)c1ncc(C)cn1. The second-order valence-corrected chi connectivity index (χ2v) is 7.17. The molecular weight excluding hydrogens is 440 g/mol. The standard InChI is InChI=1S/C7H8N2O.C4H8N2.C3H4Br2O.C2H6/c1-5-3-8-7(6(2)10)9-4-5;1-4(2-5)3-6;1-2(6)3(4)5;1-2/h3-4H,1-2H3;2-3,5H,6H2,1H3;3H,1H3;1-2H3/b;4-3-,5-2?;;. The second-order valence-electron chi connectivity index (χ2n) is 4.11. The first-order valence-corrected chi connectivity index (χ1v) is 8.96. The van der Waals surface area contributed by atoms with Crippen molar-refractivity contribution in [3.63, 3.8) is 0 Å². The van der Waals surface area contributed by atoms with Gasteiger partial charge in [-0.3, -0.25) is 9.59 Å². The summed E-state index contributed by atoms with van der Waals surface area (Å²) in [6.45, 7) is 10.6. The number of halogens is 2. The van der Waals surface area contributed by atoms with Gasteiger partial charge in [0.05, 0.1) is 0 Å². The number of hydrogen-bond donors (Lipinski definition) is 2. The number of nitrogens with two attached hydrogens (primary N) is 1. The molecule has 0 atom stereocenters. The lowest BCUT2D eigenvalue weighted by Gasteiger charge is -1.92. The van der Waals surface area contributed by atoms with Crippen LogP contribution in [0.4, 0.5) is 0 Å². The molecule has 0 bridgehead atoms. The Labute approximate surface area is 161 Å². The van der Waals surface area contributed by atoms with E-state index in [9.17, 15) is 9.59 Å². The number of aromatic nitrogens is 2. The lowest BCUT2D eigenvalue weighted by molar-refractivity contribution is -0.114. The highest BCUT2D eigenvalue weighted by Gasteiger charge is 2.00. The van der Waals surface area contributed by atoms with Crippen molar-refractivity contribution in [2.24, 2.45) is 5.73 Å². The number of aryl methyl sites for hydroxylation is 1. The molecule has 0 amide bonds. The molecule has 0 fully saturated rings. The Balaban J connectivity index is -0.000000276. The number of carbonyl (C=O) groups is 2. The molecular formula is C16H26Br2N4O2. The monoisotopic (exact) mass is 464 g/mol. The van der Waals surface area contributed by atoms with Gasteiger partial charge in [0.25, 0.3) is 0 Å². The van der Waals surface area contributed by atoms with E-state index in [1.165, 1.54) is 26.3 Å². The number of rotatable bonds is 3. The number of allylic oxidation sites excluding steroid dienone is 1. The van der Waals surface area contributed by atoms with Crippen LogP contribution < -0.4 is 5.73 Å². The van der Waals surface area contributed by atoms with Crippen molar-refractivity contribution in [3.05, 3.63) is 35.6 Å². The van der Waals surface area contributed by atoms with E-state index in [1.54, 1.807) is 19.3 Å². The van der Waals surface area contributed by atoms with Gasteiger partial charge in [-0.05, 0) is 38.1 Å². The number of carbonyl (C=O) groups excluding carboxylic acids is 2. The number of nitrogens with one attached hydrogen (secondary N) is 1. The third-order valence-corrected chi connectivity index (χ3v) is 3.18. The van der Waals surface area contributed by atoms with E-state index in [0.29, 0.717) is 0 Å². The Bertz CT molecular complexity index is 515. The second kappa shape index (κ2) is 17.9. The quantitative estimate of drug-likeness (QED) is 0.394. The lowest BCUT2D eigenvalue weighted by atomic mass is 10.3. The summed E-state index contributed by atoms with van der Waals surface area (Å²) >= 11 is 6.01. The van der Waals surface area contributed by atoms with Crippen LogP contribution >= 0.6 is 31.9 Å². The van der Waals surface area contributed by atoms with Crippen LogP contribution in [0.15, 0.2) is 24.2 Å². The average Bonchev–Trinajstić information content (AvgIpc) is 2.57. The Morgan fingerprint density at radius 2 is 1.54 bits per heavy atom. The fourth-order valence-electron chi connectivity index (χ4n) is 0.623. The van der Waals surface area contributed by atoms with E-state index < -0.39 is 0 Å². The fraction of sp³-hybridized carbons (Fsp3) is 0.438. The largest absolute Gasteiger partial charge is 0.404 e. The Hall–Kier alpha value is -1.41. The summed E-state index contributed by atoms with van der Waals surface area (Å²) in [5.41, 5.74) is 6.72. The van der Waals surface area contributed by atoms with Gasteiger partial charge < -0.3 is 11.1 Å². The zero-order chi connectivity index (χ0) is 19.7. The average molecular weight is 466 g/mol. The van der Waals surface area contributed by atoms with Crippen LogP contribution in [0.3, 0.4) is 0 Å². The van der Waals surface area contributed by atoms with Crippen molar-refractivity contribution in [1.82, 2.24) is 9.97 Å². The molecule has 0 aromatic carbocycles. The first-order chi connectivity index (χ1) is 11.1. The molecule has 8 heteroatoms. The van der Waals surface area contributed by atoms with Crippen molar-refractivity contribution in [1.29, 1.82) is 5.41 Å². The zero-order valence-electron chi connectivity index (χ0n) is 14.9. The van der Waals surface area contributed by atoms with Crippen LogP contribution in [-0.2, 0) is 4.79 Å². The van der Waals surface area contributed by atoms with Crippen LogP contribution in [0.25, 0.3) is 0 Å².